The minimum atomic E-state index is -0.984. The van der Waals surface area contributed by atoms with Gasteiger partial charge in [-0.3, -0.25) is 24.3 Å². The normalized spacial score (nSPS) is 15.5. The van der Waals surface area contributed by atoms with E-state index in [9.17, 15) is 14.4 Å². The molecule has 0 radical (unpaired) electrons. The first-order valence-corrected chi connectivity index (χ1v) is 13.0. The number of ether oxygens (including phenoxy) is 1. The molecule has 14 heteroatoms. The van der Waals surface area contributed by atoms with E-state index in [1.54, 1.807) is 56.6 Å². The van der Waals surface area contributed by atoms with Gasteiger partial charge in [0.15, 0.2) is 5.15 Å². The van der Waals surface area contributed by atoms with Crippen LogP contribution >= 0.6 is 23.2 Å². The van der Waals surface area contributed by atoms with Gasteiger partial charge in [0.2, 0.25) is 17.7 Å². The summed E-state index contributed by atoms with van der Waals surface area (Å²) < 4.78 is 6.77. The Hall–Kier alpha value is -4.00. The molecular weight excluding hydrogens is 559 g/mol. The van der Waals surface area contributed by atoms with Crippen LogP contribution in [0, 0.1) is 0 Å². The third-order valence-electron chi connectivity index (χ3n) is 6.42. The molecule has 12 nitrogen and oxygen atoms in total. The summed E-state index contributed by atoms with van der Waals surface area (Å²) in [5.41, 5.74) is 8.39. The molecule has 3 aromatic rings. The van der Waals surface area contributed by atoms with Crippen LogP contribution in [0.25, 0.3) is 5.69 Å². The fourth-order valence-corrected chi connectivity index (χ4v) is 4.61. The van der Waals surface area contributed by atoms with Crippen molar-refractivity contribution in [2.75, 3.05) is 43.2 Å². The predicted octanol–water partition coefficient (Wildman–Crippen LogP) is 2.81. The second kappa shape index (κ2) is 12.5. The average Bonchev–Trinajstić information content (AvgIpc) is 3.36. The van der Waals surface area contributed by atoms with Gasteiger partial charge in [-0.25, -0.2) is 4.68 Å². The first kappa shape index (κ1) is 29.0. The van der Waals surface area contributed by atoms with Crippen molar-refractivity contribution in [1.82, 2.24) is 19.9 Å². The molecule has 0 spiro atoms. The maximum atomic E-state index is 13.5. The zero-order chi connectivity index (χ0) is 29.0. The second-order valence-corrected chi connectivity index (χ2v) is 9.96. The molecule has 2 atom stereocenters. The topological polar surface area (TPSA) is 148 Å². The van der Waals surface area contributed by atoms with Gasteiger partial charge in [-0.1, -0.05) is 28.4 Å². The number of nitrogens with one attached hydrogen (secondary N) is 1. The number of halogens is 2. The molecule has 1 saturated heterocycles. The minimum absolute atomic E-state index is 0.157. The smallest absolute Gasteiger partial charge is 0.247 e. The number of amides is 3. The van der Waals surface area contributed by atoms with Crippen molar-refractivity contribution in [3.05, 3.63) is 58.3 Å². The number of benzene rings is 2. The Bertz CT molecular complexity index is 1460. The van der Waals surface area contributed by atoms with E-state index in [0.717, 1.165) is 0 Å². The van der Waals surface area contributed by atoms with Crippen LogP contribution in [0.4, 0.5) is 17.1 Å². The van der Waals surface area contributed by atoms with Crippen LogP contribution in [0.1, 0.15) is 18.9 Å². The van der Waals surface area contributed by atoms with Crippen molar-refractivity contribution >= 4 is 64.2 Å². The van der Waals surface area contributed by atoms with Gasteiger partial charge >= 0.3 is 0 Å². The Labute approximate surface area is 240 Å². The number of carbonyl (C=O) groups excluding carboxylic acids is 3. The van der Waals surface area contributed by atoms with Gasteiger partial charge in [-0.2, -0.15) is 0 Å². The van der Waals surface area contributed by atoms with Gasteiger partial charge < -0.3 is 20.7 Å². The molecular formula is C26H28Cl2N8O4. The van der Waals surface area contributed by atoms with E-state index in [1.807, 2.05) is 0 Å². The van der Waals surface area contributed by atoms with Crippen molar-refractivity contribution in [2.24, 2.45) is 4.99 Å². The van der Waals surface area contributed by atoms with Crippen LogP contribution in [0.5, 0.6) is 0 Å². The summed E-state index contributed by atoms with van der Waals surface area (Å²) >= 11 is 12.2. The molecule has 1 aliphatic heterocycles. The highest BCUT2D eigenvalue weighted by molar-refractivity contribution is 6.31. The predicted molar refractivity (Wildman–Crippen MR) is 153 cm³/mol. The number of nitrogens with two attached hydrogens (primary N) is 1. The van der Waals surface area contributed by atoms with Gasteiger partial charge in [-0.15, -0.1) is 5.10 Å². The minimum Gasteiger partial charge on any atom is -0.398 e. The maximum Gasteiger partial charge on any atom is 0.247 e. The van der Waals surface area contributed by atoms with Crippen LogP contribution in [-0.4, -0.2) is 83.2 Å². The van der Waals surface area contributed by atoms with Crippen molar-refractivity contribution in [3.63, 3.8) is 0 Å². The van der Waals surface area contributed by atoms with E-state index >= 15 is 0 Å². The highest BCUT2D eigenvalue weighted by Crippen LogP contribution is 2.30. The van der Waals surface area contributed by atoms with E-state index in [-0.39, 0.29) is 30.8 Å². The Morgan fingerprint density at radius 3 is 2.62 bits per heavy atom. The van der Waals surface area contributed by atoms with Crippen molar-refractivity contribution < 1.29 is 19.1 Å². The summed E-state index contributed by atoms with van der Waals surface area (Å²) in [7, 11) is 3.13. The third kappa shape index (κ3) is 6.41. The standard InChI is InChI=1S/C26H28Cl2N8O4/c1-15(40-3)8-22(26(39)31-18-5-6-19(29)16(9-18)11-30-2)35-14-24(37)34(13-25(35)38)21-10-17(27)4-7-20(21)36-12-23(28)32-33-36/h4-7,9-12,15,22H,8,13-14,29H2,1-3H3,(H,31,39). The zero-order valence-electron chi connectivity index (χ0n) is 22.0. The molecule has 1 aromatic heterocycles. The SMILES string of the molecule is CN=Cc1cc(NC(=O)C(CC(C)OC)N2CC(=O)N(c3cc(Cl)ccc3-n3cc(Cl)nn3)CC2=O)ccc1N. The lowest BCUT2D eigenvalue weighted by molar-refractivity contribution is -0.144. The lowest BCUT2D eigenvalue weighted by atomic mass is 10.0. The number of piperazine rings is 1. The number of carbonyl (C=O) groups is 3. The molecule has 1 fully saturated rings. The highest BCUT2D eigenvalue weighted by Gasteiger charge is 2.39. The monoisotopic (exact) mass is 586 g/mol. The Kier molecular flexibility index (Phi) is 9.03. The molecule has 210 valence electrons. The van der Waals surface area contributed by atoms with Crippen LogP contribution < -0.4 is 16.0 Å². The number of hydrogen-bond donors (Lipinski definition) is 2. The van der Waals surface area contributed by atoms with Gasteiger partial charge in [0.25, 0.3) is 0 Å². The fourth-order valence-electron chi connectivity index (χ4n) is 4.32. The number of nitrogens with zero attached hydrogens (tertiary/aromatic N) is 6. The number of methoxy groups -OCH3 is 1. The van der Waals surface area contributed by atoms with Crippen molar-refractivity contribution in [1.29, 1.82) is 0 Å². The number of aromatic nitrogens is 3. The van der Waals surface area contributed by atoms with E-state index < -0.39 is 23.8 Å². The summed E-state index contributed by atoms with van der Waals surface area (Å²) in [6.45, 7) is 1.12. The summed E-state index contributed by atoms with van der Waals surface area (Å²) in [5, 5.41) is 11.1. The van der Waals surface area contributed by atoms with E-state index in [1.165, 1.54) is 27.8 Å². The number of anilines is 3. The van der Waals surface area contributed by atoms with Gasteiger partial charge in [-0.05, 0) is 43.3 Å². The van der Waals surface area contributed by atoms with Crippen LogP contribution in [-0.2, 0) is 19.1 Å². The van der Waals surface area contributed by atoms with Crippen molar-refractivity contribution in [2.45, 2.75) is 25.5 Å². The van der Waals surface area contributed by atoms with Gasteiger partial charge in [0.1, 0.15) is 19.1 Å². The molecule has 2 unspecified atom stereocenters. The highest BCUT2D eigenvalue weighted by atomic mass is 35.5. The molecule has 2 aromatic carbocycles. The number of hydrogen-bond acceptors (Lipinski definition) is 8. The van der Waals surface area contributed by atoms with E-state index in [4.69, 9.17) is 33.7 Å². The molecule has 1 aliphatic rings. The molecule has 2 heterocycles. The van der Waals surface area contributed by atoms with Crippen LogP contribution in [0.3, 0.4) is 0 Å². The number of rotatable bonds is 9. The lowest BCUT2D eigenvalue weighted by Crippen LogP contribution is -2.60. The molecule has 40 heavy (non-hydrogen) atoms. The molecule has 0 bridgehead atoms. The summed E-state index contributed by atoms with van der Waals surface area (Å²) in [6.07, 6.45) is 2.84. The Balaban J connectivity index is 1.61. The average molecular weight is 587 g/mol. The lowest BCUT2D eigenvalue weighted by Gasteiger charge is -2.39. The maximum absolute atomic E-state index is 13.5. The quantitative estimate of drug-likeness (QED) is 0.289. The molecule has 3 N–H and O–H groups in total. The molecule has 0 saturated carbocycles. The van der Waals surface area contributed by atoms with Crippen molar-refractivity contribution in [3.8, 4) is 5.69 Å². The van der Waals surface area contributed by atoms with Gasteiger partial charge in [0.05, 0.1) is 23.7 Å². The van der Waals surface area contributed by atoms with E-state index in [0.29, 0.717) is 33.3 Å². The zero-order valence-corrected chi connectivity index (χ0v) is 23.6. The van der Waals surface area contributed by atoms with Crippen LogP contribution in [0.15, 0.2) is 47.6 Å². The largest absolute Gasteiger partial charge is 0.398 e. The molecule has 4 rings (SSSR count). The summed E-state index contributed by atoms with van der Waals surface area (Å²) in [6, 6.07) is 8.83. The Morgan fingerprint density at radius 1 is 1.18 bits per heavy atom. The van der Waals surface area contributed by atoms with E-state index in [2.05, 4.69) is 20.6 Å². The molecule has 3 amide bonds. The Morgan fingerprint density at radius 2 is 1.95 bits per heavy atom. The molecule has 0 aliphatic carbocycles. The number of aliphatic imine (C=N–C) groups is 1. The second-order valence-electron chi connectivity index (χ2n) is 9.14. The first-order valence-electron chi connectivity index (χ1n) is 12.2. The van der Waals surface area contributed by atoms with Crippen LogP contribution in [0.2, 0.25) is 10.2 Å². The third-order valence-corrected chi connectivity index (χ3v) is 6.83. The summed E-state index contributed by atoms with van der Waals surface area (Å²) in [4.78, 5) is 47.0. The first-order chi connectivity index (χ1) is 19.1. The fraction of sp³-hybridized carbons (Fsp3) is 0.308. The number of nitrogen functional groups attached to an aromatic ring is 1. The van der Waals surface area contributed by atoms with Gasteiger partial charge in [0, 0.05) is 48.8 Å². The summed E-state index contributed by atoms with van der Waals surface area (Å²) in [5.74, 6) is -1.31.